The van der Waals surface area contributed by atoms with E-state index < -0.39 is 15.9 Å². The van der Waals surface area contributed by atoms with Gasteiger partial charge in [-0.15, -0.1) is 4.83 Å². The highest BCUT2D eigenvalue weighted by molar-refractivity contribution is 7.92. The van der Waals surface area contributed by atoms with Crippen LogP contribution in [0.4, 0.5) is 0 Å². The van der Waals surface area contributed by atoms with Crippen LogP contribution in [-0.4, -0.2) is 23.9 Å². The molecule has 0 atom stereocenters. The van der Waals surface area contributed by atoms with Gasteiger partial charge in [-0.1, -0.05) is 42.5 Å². The van der Waals surface area contributed by atoms with Crippen molar-refractivity contribution in [3.05, 3.63) is 71.9 Å². The van der Waals surface area contributed by atoms with Gasteiger partial charge >= 0.3 is 0 Å². The van der Waals surface area contributed by atoms with Crippen LogP contribution in [0.5, 0.6) is 0 Å². The van der Waals surface area contributed by atoms with Gasteiger partial charge in [-0.25, -0.2) is 13.4 Å². The molecule has 128 valence electrons. The standard InChI is InChI=1S/C17H16N4O3S/c22-17(12-21-13-18-15-8-4-5-9-16(15)21)19-20-25(23,24)11-10-14-6-2-1-3-7-14/h1-11,13,20H,12H2,(H,19,22)/b11-10+. The maximum absolute atomic E-state index is 12.0. The molecule has 0 aliphatic heterocycles. The van der Waals surface area contributed by atoms with Crippen molar-refractivity contribution in [3.63, 3.8) is 0 Å². The number of rotatable bonds is 6. The largest absolute Gasteiger partial charge is 0.321 e. The number of carbonyl (C=O) groups excluding carboxylic acids is 1. The van der Waals surface area contributed by atoms with E-state index in [-0.39, 0.29) is 6.54 Å². The van der Waals surface area contributed by atoms with E-state index in [9.17, 15) is 13.2 Å². The monoisotopic (exact) mass is 356 g/mol. The minimum Gasteiger partial charge on any atom is -0.321 e. The minimum absolute atomic E-state index is 0.0502. The SMILES string of the molecule is O=C(Cn1cnc2ccccc21)NNS(=O)(=O)/C=C/c1ccccc1. The molecule has 2 aromatic carbocycles. The number of nitrogens with one attached hydrogen (secondary N) is 2. The van der Waals surface area contributed by atoms with Gasteiger partial charge in [0, 0.05) is 5.41 Å². The number of nitrogens with zero attached hydrogens (tertiary/aromatic N) is 2. The summed E-state index contributed by atoms with van der Waals surface area (Å²) in [5.74, 6) is -0.500. The summed E-state index contributed by atoms with van der Waals surface area (Å²) in [5, 5.41) is 0.995. The van der Waals surface area contributed by atoms with Crippen LogP contribution in [0.25, 0.3) is 17.1 Å². The lowest BCUT2D eigenvalue weighted by Crippen LogP contribution is -2.42. The molecule has 0 radical (unpaired) electrons. The van der Waals surface area contributed by atoms with Crippen LogP contribution in [0, 0.1) is 0 Å². The van der Waals surface area contributed by atoms with Crippen molar-refractivity contribution >= 4 is 33.0 Å². The third-order valence-electron chi connectivity index (χ3n) is 3.41. The lowest BCUT2D eigenvalue weighted by Gasteiger charge is -2.07. The molecule has 2 N–H and O–H groups in total. The fourth-order valence-corrected chi connectivity index (χ4v) is 2.89. The Morgan fingerprint density at radius 1 is 1.08 bits per heavy atom. The first-order valence-corrected chi connectivity index (χ1v) is 9.02. The first-order chi connectivity index (χ1) is 12.0. The van der Waals surface area contributed by atoms with Crippen molar-refractivity contribution in [2.24, 2.45) is 0 Å². The van der Waals surface area contributed by atoms with E-state index in [1.54, 1.807) is 28.8 Å². The second-order valence-corrected chi connectivity index (χ2v) is 6.84. The van der Waals surface area contributed by atoms with Crippen molar-refractivity contribution in [2.75, 3.05) is 0 Å². The molecule has 8 heteroatoms. The van der Waals surface area contributed by atoms with E-state index in [1.165, 1.54) is 12.4 Å². The lowest BCUT2D eigenvalue weighted by molar-refractivity contribution is -0.122. The number of sulfonamides is 1. The summed E-state index contributed by atoms with van der Waals surface area (Å²) >= 11 is 0. The minimum atomic E-state index is -3.78. The van der Waals surface area contributed by atoms with Crippen LogP contribution >= 0.6 is 0 Å². The Kier molecular flexibility index (Phi) is 4.92. The summed E-state index contributed by atoms with van der Waals surface area (Å²) in [6, 6.07) is 16.4. The van der Waals surface area contributed by atoms with Crippen molar-refractivity contribution < 1.29 is 13.2 Å². The zero-order chi connectivity index (χ0) is 17.7. The van der Waals surface area contributed by atoms with Crippen LogP contribution in [-0.2, 0) is 21.4 Å². The van der Waals surface area contributed by atoms with E-state index >= 15 is 0 Å². The van der Waals surface area contributed by atoms with Gasteiger partial charge < -0.3 is 4.57 Å². The topological polar surface area (TPSA) is 93.1 Å². The Balaban J connectivity index is 1.59. The highest BCUT2D eigenvalue weighted by Crippen LogP contribution is 2.11. The molecule has 0 unspecified atom stereocenters. The smallest absolute Gasteiger partial charge is 0.254 e. The average molecular weight is 356 g/mol. The summed E-state index contributed by atoms with van der Waals surface area (Å²) in [4.78, 5) is 18.2. The molecular formula is C17H16N4O3S. The zero-order valence-electron chi connectivity index (χ0n) is 13.2. The second kappa shape index (κ2) is 7.29. The number of fused-ring (bicyclic) bond motifs is 1. The van der Waals surface area contributed by atoms with Gasteiger partial charge in [0.15, 0.2) is 0 Å². The molecule has 0 fully saturated rings. The Bertz CT molecular complexity index is 1010. The fourth-order valence-electron chi connectivity index (χ4n) is 2.22. The number of benzene rings is 2. The number of amides is 1. The molecule has 0 saturated carbocycles. The summed E-state index contributed by atoms with van der Waals surface area (Å²) in [5.41, 5.74) is 4.49. The number of aromatic nitrogens is 2. The molecular weight excluding hydrogens is 340 g/mol. The second-order valence-electron chi connectivity index (χ2n) is 5.27. The van der Waals surface area contributed by atoms with Gasteiger partial charge in [0.05, 0.1) is 17.4 Å². The van der Waals surface area contributed by atoms with Crippen LogP contribution in [0.15, 0.2) is 66.3 Å². The van der Waals surface area contributed by atoms with Crippen molar-refractivity contribution in [1.82, 2.24) is 19.8 Å². The van der Waals surface area contributed by atoms with Crippen molar-refractivity contribution in [3.8, 4) is 0 Å². The molecule has 1 aromatic heterocycles. The molecule has 0 aliphatic rings. The van der Waals surface area contributed by atoms with E-state index in [4.69, 9.17) is 0 Å². The first-order valence-electron chi connectivity index (χ1n) is 7.47. The van der Waals surface area contributed by atoms with Gasteiger partial charge in [0.25, 0.3) is 15.9 Å². The quantitative estimate of drug-likeness (QED) is 0.657. The van der Waals surface area contributed by atoms with Crippen LogP contribution in [0.2, 0.25) is 0 Å². The predicted octanol–water partition coefficient (Wildman–Crippen LogP) is 1.66. The Morgan fingerprint density at radius 3 is 2.60 bits per heavy atom. The molecule has 1 heterocycles. The number of imidazole rings is 1. The number of hydrogen-bond donors (Lipinski definition) is 2. The maximum Gasteiger partial charge on any atom is 0.254 e. The van der Waals surface area contributed by atoms with Gasteiger partial charge in [-0.05, 0) is 23.8 Å². The van der Waals surface area contributed by atoms with Gasteiger partial charge in [-0.2, -0.15) is 0 Å². The summed E-state index contributed by atoms with van der Waals surface area (Å²) in [7, 11) is -3.78. The molecule has 0 spiro atoms. The maximum atomic E-state index is 12.0. The van der Waals surface area contributed by atoms with Gasteiger partial charge in [0.2, 0.25) is 0 Å². The van der Waals surface area contributed by atoms with Gasteiger partial charge in [0.1, 0.15) is 6.54 Å². The molecule has 7 nitrogen and oxygen atoms in total. The molecule has 0 bridgehead atoms. The van der Waals surface area contributed by atoms with Crippen LogP contribution in [0.1, 0.15) is 5.56 Å². The Hall–Kier alpha value is -2.97. The number of para-hydroxylation sites is 2. The number of hydrazine groups is 1. The Labute approximate surface area is 145 Å². The van der Waals surface area contributed by atoms with Crippen LogP contribution < -0.4 is 10.3 Å². The van der Waals surface area contributed by atoms with E-state index in [1.807, 2.05) is 35.2 Å². The normalized spacial score (nSPS) is 11.8. The number of hydrogen-bond acceptors (Lipinski definition) is 4. The molecule has 0 saturated heterocycles. The fraction of sp³-hybridized carbons (Fsp3) is 0.0588. The highest BCUT2D eigenvalue weighted by Gasteiger charge is 2.10. The van der Waals surface area contributed by atoms with E-state index in [0.29, 0.717) is 0 Å². The van der Waals surface area contributed by atoms with Crippen LogP contribution in [0.3, 0.4) is 0 Å². The summed E-state index contributed by atoms with van der Waals surface area (Å²) in [6.07, 6.45) is 2.98. The van der Waals surface area contributed by atoms with Crippen molar-refractivity contribution in [2.45, 2.75) is 6.54 Å². The highest BCUT2D eigenvalue weighted by atomic mass is 32.2. The van der Waals surface area contributed by atoms with E-state index in [2.05, 4.69) is 10.4 Å². The average Bonchev–Trinajstić information content (AvgIpc) is 3.03. The zero-order valence-corrected chi connectivity index (χ0v) is 14.0. The third-order valence-corrected chi connectivity index (χ3v) is 4.29. The number of carbonyl (C=O) groups is 1. The Morgan fingerprint density at radius 2 is 1.80 bits per heavy atom. The third kappa shape index (κ3) is 4.52. The van der Waals surface area contributed by atoms with Crippen molar-refractivity contribution in [1.29, 1.82) is 0 Å². The van der Waals surface area contributed by atoms with Gasteiger partial charge in [-0.3, -0.25) is 10.2 Å². The molecule has 0 aliphatic carbocycles. The summed E-state index contributed by atoms with van der Waals surface area (Å²) in [6.45, 7) is -0.0502. The predicted molar refractivity (Wildman–Crippen MR) is 95.4 cm³/mol. The molecule has 3 rings (SSSR count). The van der Waals surface area contributed by atoms with E-state index in [0.717, 1.165) is 22.0 Å². The molecule has 3 aromatic rings. The molecule has 25 heavy (non-hydrogen) atoms. The summed E-state index contributed by atoms with van der Waals surface area (Å²) < 4.78 is 25.4. The molecule has 1 amide bonds. The lowest BCUT2D eigenvalue weighted by atomic mass is 10.2. The first kappa shape index (κ1) is 16.9.